The molecule has 112 valence electrons. The first kappa shape index (κ1) is 14.3. The maximum Gasteiger partial charge on any atom is 0.103 e. The Labute approximate surface area is 126 Å². The average molecular weight is 284 g/mol. The lowest BCUT2D eigenvalue weighted by Gasteiger charge is -2.33. The van der Waals surface area contributed by atoms with E-state index in [1.54, 1.807) is 6.20 Å². The van der Waals surface area contributed by atoms with E-state index in [2.05, 4.69) is 47.7 Å². The van der Waals surface area contributed by atoms with Crippen molar-refractivity contribution in [2.75, 3.05) is 0 Å². The number of imidazole rings is 1. The second-order valence-electron chi connectivity index (χ2n) is 7.08. The van der Waals surface area contributed by atoms with Crippen molar-refractivity contribution >= 4 is 0 Å². The van der Waals surface area contributed by atoms with Crippen LogP contribution in [-0.2, 0) is 12.0 Å². The van der Waals surface area contributed by atoms with Gasteiger partial charge < -0.3 is 9.67 Å². The van der Waals surface area contributed by atoms with Crippen LogP contribution in [0.5, 0.6) is 0 Å². The molecule has 0 saturated carbocycles. The first-order valence-electron chi connectivity index (χ1n) is 7.69. The summed E-state index contributed by atoms with van der Waals surface area (Å²) < 4.78 is 2.18. The second kappa shape index (κ2) is 4.70. The molecule has 0 spiro atoms. The number of hydrogen-bond acceptors (Lipinski definition) is 2. The van der Waals surface area contributed by atoms with Crippen molar-refractivity contribution in [3.05, 3.63) is 53.6 Å². The van der Waals surface area contributed by atoms with E-state index in [-0.39, 0.29) is 11.5 Å². The highest BCUT2D eigenvalue weighted by Crippen LogP contribution is 2.48. The van der Waals surface area contributed by atoms with Gasteiger partial charge in [-0.05, 0) is 36.3 Å². The van der Waals surface area contributed by atoms with E-state index in [1.165, 1.54) is 11.1 Å². The molecule has 3 nitrogen and oxygen atoms in total. The number of hydrogen-bond donors (Lipinski definition) is 1. The monoisotopic (exact) mass is 284 g/mol. The molecule has 0 bridgehead atoms. The Kier molecular flexibility index (Phi) is 3.21. The molecule has 3 heteroatoms. The lowest BCUT2D eigenvalue weighted by atomic mass is 9.84. The summed E-state index contributed by atoms with van der Waals surface area (Å²) >= 11 is 0. The normalized spacial score (nSPS) is 22.8. The van der Waals surface area contributed by atoms with Crippen LogP contribution in [0.1, 0.15) is 57.0 Å². The Morgan fingerprint density at radius 2 is 2.10 bits per heavy atom. The van der Waals surface area contributed by atoms with E-state index in [4.69, 9.17) is 0 Å². The third kappa shape index (κ3) is 2.20. The summed E-state index contributed by atoms with van der Waals surface area (Å²) in [6.07, 6.45) is 5.40. The summed E-state index contributed by atoms with van der Waals surface area (Å²) in [5, 5.41) is 10.7. The van der Waals surface area contributed by atoms with Crippen LogP contribution in [-0.4, -0.2) is 14.7 Å². The van der Waals surface area contributed by atoms with Gasteiger partial charge in [0.25, 0.3) is 0 Å². The zero-order valence-corrected chi connectivity index (χ0v) is 13.3. The predicted molar refractivity (Wildman–Crippen MR) is 84.2 cm³/mol. The van der Waals surface area contributed by atoms with Crippen molar-refractivity contribution in [2.24, 2.45) is 5.41 Å². The lowest BCUT2D eigenvalue weighted by Crippen LogP contribution is -2.30. The number of rotatable bonds is 3. The molecule has 21 heavy (non-hydrogen) atoms. The first-order valence-corrected chi connectivity index (χ1v) is 7.69. The van der Waals surface area contributed by atoms with E-state index < -0.39 is 5.60 Å². The summed E-state index contributed by atoms with van der Waals surface area (Å²) in [6.45, 7) is 8.46. The molecule has 3 rings (SSSR count). The topological polar surface area (TPSA) is 38.1 Å². The van der Waals surface area contributed by atoms with Gasteiger partial charge in [-0.1, -0.05) is 45.0 Å². The SMILES string of the molecule is CCC(C)(O)c1cncn1C1c2ccccc2CC1(C)C. The van der Waals surface area contributed by atoms with Gasteiger partial charge in [0.2, 0.25) is 0 Å². The summed E-state index contributed by atoms with van der Waals surface area (Å²) in [5.41, 5.74) is 2.93. The Bertz CT molecular complexity index is 655. The Hall–Kier alpha value is -1.61. The van der Waals surface area contributed by atoms with Crippen LogP contribution in [0.4, 0.5) is 0 Å². The van der Waals surface area contributed by atoms with E-state index in [9.17, 15) is 5.11 Å². The molecule has 1 N–H and O–H groups in total. The highest BCUT2D eigenvalue weighted by Gasteiger charge is 2.42. The minimum Gasteiger partial charge on any atom is -0.384 e. The van der Waals surface area contributed by atoms with Crippen molar-refractivity contribution in [2.45, 2.75) is 52.2 Å². The van der Waals surface area contributed by atoms with Crippen LogP contribution in [0.3, 0.4) is 0 Å². The van der Waals surface area contributed by atoms with Gasteiger partial charge in [0, 0.05) is 0 Å². The van der Waals surface area contributed by atoms with Crippen LogP contribution in [0, 0.1) is 5.41 Å². The molecule has 0 radical (unpaired) electrons. The van der Waals surface area contributed by atoms with Crippen LogP contribution in [0.15, 0.2) is 36.8 Å². The Morgan fingerprint density at radius 1 is 1.38 bits per heavy atom. The largest absolute Gasteiger partial charge is 0.384 e. The zero-order valence-electron chi connectivity index (χ0n) is 13.3. The molecule has 1 aliphatic carbocycles. The maximum absolute atomic E-state index is 10.7. The molecule has 1 heterocycles. The van der Waals surface area contributed by atoms with Crippen molar-refractivity contribution in [3.63, 3.8) is 0 Å². The summed E-state index contributed by atoms with van der Waals surface area (Å²) in [7, 11) is 0. The van der Waals surface area contributed by atoms with Gasteiger partial charge in [0.1, 0.15) is 5.60 Å². The molecule has 2 atom stereocenters. The fraction of sp³-hybridized carbons (Fsp3) is 0.500. The van der Waals surface area contributed by atoms with Gasteiger partial charge in [0.05, 0.1) is 24.3 Å². The molecule has 0 saturated heterocycles. The van der Waals surface area contributed by atoms with Gasteiger partial charge in [-0.2, -0.15) is 0 Å². The van der Waals surface area contributed by atoms with Gasteiger partial charge in [-0.15, -0.1) is 0 Å². The van der Waals surface area contributed by atoms with Crippen molar-refractivity contribution in [1.29, 1.82) is 0 Å². The molecule has 1 aromatic heterocycles. The van der Waals surface area contributed by atoms with Gasteiger partial charge in [0.15, 0.2) is 0 Å². The molecular weight excluding hydrogens is 260 g/mol. The summed E-state index contributed by atoms with van der Waals surface area (Å²) in [6, 6.07) is 8.85. The quantitative estimate of drug-likeness (QED) is 0.934. The van der Waals surface area contributed by atoms with Gasteiger partial charge in [-0.25, -0.2) is 4.98 Å². The van der Waals surface area contributed by atoms with Crippen molar-refractivity contribution in [1.82, 2.24) is 9.55 Å². The molecule has 1 aromatic carbocycles. The van der Waals surface area contributed by atoms with Crippen molar-refractivity contribution < 1.29 is 5.11 Å². The lowest BCUT2D eigenvalue weighted by molar-refractivity contribution is 0.0415. The standard InChI is InChI=1S/C18H24N2O/c1-5-18(4,21)15-11-19-12-20(15)16-14-9-7-6-8-13(14)10-17(16,2)3/h6-9,11-12,16,21H,5,10H2,1-4H3. The molecular formula is C18H24N2O. The summed E-state index contributed by atoms with van der Waals surface area (Å²) in [5.74, 6) is 0. The first-order chi connectivity index (χ1) is 9.87. The highest BCUT2D eigenvalue weighted by atomic mass is 16.3. The van der Waals surface area contributed by atoms with E-state index in [1.807, 2.05) is 20.2 Å². The van der Waals surface area contributed by atoms with E-state index in [0.717, 1.165) is 12.1 Å². The average Bonchev–Trinajstić information content (AvgIpc) is 2.98. The molecule has 0 fully saturated rings. The zero-order chi connectivity index (χ0) is 15.3. The van der Waals surface area contributed by atoms with Crippen LogP contribution in [0.25, 0.3) is 0 Å². The predicted octanol–water partition coefficient (Wildman–Crippen LogP) is 3.67. The number of aromatic nitrogens is 2. The van der Waals surface area contributed by atoms with Crippen LogP contribution < -0.4 is 0 Å². The van der Waals surface area contributed by atoms with E-state index in [0.29, 0.717) is 6.42 Å². The van der Waals surface area contributed by atoms with E-state index >= 15 is 0 Å². The molecule has 1 aliphatic rings. The number of fused-ring (bicyclic) bond motifs is 1. The molecule has 0 amide bonds. The molecule has 2 unspecified atom stereocenters. The Morgan fingerprint density at radius 3 is 2.81 bits per heavy atom. The number of aliphatic hydroxyl groups is 1. The minimum atomic E-state index is -0.843. The third-order valence-corrected chi connectivity index (χ3v) is 4.92. The van der Waals surface area contributed by atoms with Crippen molar-refractivity contribution in [3.8, 4) is 0 Å². The second-order valence-corrected chi connectivity index (χ2v) is 7.08. The highest BCUT2D eigenvalue weighted by molar-refractivity contribution is 5.39. The minimum absolute atomic E-state index is 0.114. The number of benzene rings is 1. The smallest absolute Gasteiger partial charge is 0.103 e. The van der Waals surface area contributed by atoms with Crippen LogP contribution >= 0.6 is 0 Å². The maximum atomic E-state index is 10.7. The Balaban J connectivity index is 2.15. The number of nitrogens with zero attached hydrogens (tertiary/aromatic N) is 2. The van der Waals surface area contributed by atoms with Gasteiger partial charge >= 0.3 is 0 Å². The fourth-order valence-corrected chi connectivity index (χ4v) is 3.61. The fourth-order valence-electron chi connectivity index (χ4n) is 3.61. The molecule has 2 aromatic rings. The van der Waals surface area contributed by atoms with Gasteiger partial charge in [-0.3, -0.25) is 0 Å². The molecule has 0 aliphatic heterocycles. The van der Waals surface area contributed by atoms with Crippen LogP contribution in [0.2, 0.25) is 0 Å². The summed E-state index contributed by atoms with van der Waals surface area (Å²) in [4.78, 5) is 4.32. The third-order valence-electron chi connectivity index (χ3n) is 4.92.